The normalized spacial score (nSPS) is 15.3. The third-order valence-corrected chi connectivity index (χ3v) is 5.38. The molecular weight excluding hydrogens is 425 g/mol. The summed E-state index contributed by atoms with van der Waals surface area (Å²) in [5.74, 6) is 0.877. The van der Waals surface area contributed by atoms with Gasteiger partial charge < -0.3 is 20.3 Å². The lowest BCUT2D eigenvalue weighted by Gasteiger charge is -2.29. The van der Waals surface area contributed by atoms with Crippen molar-refractivity contribution in [1.29, 1.82) is 0 Å². The Kier molecular flexibility index (Phi) is 6.48. The minimum atomic E-state index is -0.646. The van der Waals surface area contributed by atoms with Crippen molar-refractivity contribution in [1.82, 2.24) is 0 Å². The molecule has 0 bridgehead atoms. The van der Waals surface area contributed by atoms with Crippen LogP contribution in [0, 0.1) is 11.3 Å². The lowest BCUT2D eigenvalue weighted by Crippen LogP contribution is -2.43. The Bertz CT molecular complexity index is 976. The quantitative estimate of drug-likeness (QED) is 0.596. The number of ether oxygens (including phenoxy) is 1. The van der Waals surface area contributed by atoms with E-state index in [2.05, 4.69) is 24.5 Å². The molecule has 1 aliphatic heterocycles. The molecule has 160 valence electrons. The zero-order chi connectivity index (χ0) is 22.1. The van der Waals surface area contributed by atoms with E-state index in [1.165, 1.54) is 0 Å². The highest BCUT2D eigenvalue weighted by Gasteiger charge is 2.38. The van der Waals surface area contributed by atoms with Crippen molar-refractivity contribution in [2.75, 3.05) is 28.7 Å². The second-order valence-electron chi connectivity index (χ2n) is 8.37. The molecule has 0 spiro atoms. The topological polar surface area (TPSA) is 70.7 Å². The first-order valence-corrected chi connectivity index (χ1v) is 10.4. The molecule has 0 aliphatic carbocycles. The van der Waals surface area contributed by atoms with Gasteiger partial charge in [0, 0.05) is 17.9 Å². The van der Waals surface area contributed by atoms with E-state index in [4.69, 9.17) is 27.9 Å². The molecule has 3 rings (SSSR count). The van der Waals surface area contributed by atoms with E-state index in [-0.39, 0.29) is 18.4 Å². The molecular formula is C22H25Cl2N3O3. The van der Waals surface area contributed by atoms with Crippen molar-refractivity contribution in [3.05, 3.63) is 46.4 Å². The van der Waals surface area contributed by atoms with Gasteiger partial charge in [0.15, 0.2) is 0 Å². The van der Waals surface area contributed by atoms with E-state index in [1.807, 2.05) is 13.8 Å². The second-order valence-corrected chi connectivity index (χ2v) is 9.19. The number of rotatable bonds is 4. The molecule has 0 radical (unpaired) electrons. The van der Waals surface area contributed by atoms with Gasteiger partial charge in [-0.25, -0.2) is 4.79 Å². The first-order valence-electron chi connectivity index (χ1n) is 9.69. The summed E-state index contributed by atoms with van der Waals surface area (Å²) in [6, 6.07) is 9.66. The number of fused-ring (bicyclic) bond motifs is 1. The third kappa shape index (κ3) is 4.99. The minimum Gasteiger partial charge on any atom is -0.490 e. The highest BCUT2D eigenvalue weighted by molar-refractivity contribution is 6.42. The zero-order valence-corrected chi connectivity index (χ0v) is 18.9. The van der Waals surface area contributed by atoms with Gasteiger partial charge in [-0.3, -0.25) is 4.79 Å². The van der Waals surface area contributed by atoms with Crippen LogP contribution in [-0.2, 0) is 4.79 Å². The number of hydrogen-bond acceptors (Lipinski definition) is 3. The van der Waals surface area contributed by atoms with Crippen LogP contribution in [0.15, 0.2) is 36.4 Å². The summed E-state index contributed by atoms with van der Waals surface area (Å²) in [5.41, 5.74) is 1.05. The van der Waals surface area contributed by atoms with Gasteiger partial charge >= 0.3 is 6.03 Å². The molecule has 0 aromatic heterocycles. The highest BCUT2D eigenvalue weighted by Crippen LogP contribution is 2.38. The molecule has 0 saturated heterocycles. The average Bonchev–Trinajstić information content (AvgIpc) is 2.75. The number of halogens is 2. The number of hydrogen-bond donors (Lipinski definition) is 2. The van der Waals surface area contributed by atoms with Gasteiger partial charge in [-0.1, -0.05) is 37.0 Å². The first kappa shape index (κ1) is 22.2. The van der Waals surface area contributed by atoms with Gasteiger partial charge in [0.2, 0.25) is 5.91 Å². The Morgan fingerprint density at radius 3 is 2.37 bits per heavy atom. The summed E-state index contributed by atoms with van der Waals surface area (Å²) in [5, 5.41) is 6.25. The summed E-state index contributed by atoms with van der Waals surface area (Å²) in [6.07, 6.45) is 0. The molecule has 8 heteroatoms. The zero-order valence-electron chi connectivity index (χ0n) is 17.4. The van der Waals surface area contributed by atoms with E-state index < -0.39 is 11.4 Å². The van der Waals surface area contributed by atoms with Crippen LogP contribution in [0.2, 0.25) is 10.0 Å². The Morgan fingerprint density at radius 1 is 1.10 bits per heavy atom. The maximum absolute atomic E-state index is 13.1. The maximum atomic E-state index is 13.1. The van der Waals surface area contributed by atoms with Crippen LogP contribution < -0.4 is 20.3 Å². The summed E-state index contributed by atoms with van der Waals surface area (Å²) >= 11 is 11.9. The van der Waals surface area contributed by atoms with Crippen molar-refractivity contribution < 1.29 is 14.3 Å². The number of carbonyl (C=O) groups excluding carboxylic acids is 2. The van der Waals surface area contributed by atoms with Gasteiger partial charge in [0.1, 0.15) is 12.4 Å². The lowest BCUT2D eigenvalue weighted by atomic mass is 9.92. The standard InChI is InChI=1S/C22H25Cl2N3O3/c1-13(2)11-27-18-10-15(6-8-19(18)30-12-22(3,4)20(27)28)26-21(29)25-14-5-7-16(23)17(24)9-14/h5-10,13H,11-12H2,1-4H3,(H2,25,26,29). The van der Waals surface area contributed by atoms with Crippen molar-refractivity contribution in [3.63, 3.8) is 0 Å². The predicted molar refractivity (Wildman–Crippen MR) is 122 cm³/mol. The molecule has 2 N–H and O–H groups in total. The van der Waals surface area contributed by atoms with Crippen molar-refractivity contribution in [2.45, 2.75) is 27.7 Å². The Hall–Kier alpha value is -2.44. The van der Waals surface area contributed by atoms with Gasteiger partial charge in [-0.15, -0.1) is 0 Å². The number of benzene rings is 2. The van der Waals surface area contributed by atoms with E-state index >= 15 is 0 Å². The SMILES string of the molecule is CC(C)CN1C(=O)C(C)(C)COc2ccc(NC(=O)Nc3ccc(Cl)c(Cl)c3)cc21. The molecule has 1 heterocycles. The highest BCUT2D eigenvalue weighted by atomic mass is 35.5. The molecule has 6 nitrogen and oxygen atoms in total. The third-order valence-electron chi connectivity index (χ3n) is 4.65. The lowest BCUT2D eigenvalue weighted by molar-refractivity contribution is -0.127. The van der Waals surface area contributed by atoms with E-state index in [1.54, 1.807) is 41.3 Å². The van der Waals surface area contributed by atoms with Crippen LogP contribution in [-0.4, -0.2) is 25.1 Å². The average molecular weight is 450 g/mol. The van der Waals surface area contributed by atoms with Crippen molar-refractivity contribution in [3.8, 4) is 5.75 Å². The second kappa shape index (κ2) is 8.74. The van der Waals surface area contributed by atoms with Crippen LogP contribution in [0.1, 0.15) is 27.7 Å². The molecule has 0 fully saturated rings. The molecule has 2 aromatic rings. The number of amides is 3. The molecule has 30 heavy (non-hydrogen) atoms. The number of urea groups is 1. The van der Waals surface area contributed by atoms with Crippen LogP contribution in [0.25, 0.3) is 0 Å². The van der Waals surface area contributed by atoms with Crippen molar-refractivity contribution in [2.24, 2.45) is 11.3 Å². The molecule has 2 aromatic carbocycles. The maximum Gasteiger partial charge on any atom is 0.323 e. The van der Waals surface area contributed by atoms with Crippen LogP contribution in [0.4, 0.5) is 21.9 Å². The summed E-state index contributed by atoms with van der Waals surface area (Å²) in [7, 11) is 0. The van der Waals surface area contributed by atoms with E-state index in [9.17, 15) is 9.59 Å². The smallest absolute Gasteiger partial charge is 0.323 e. The number of carbonyl (C=O) groups is 2. The molecule has 0 saturated carbocycles. The van der Waals surface area contributed by atoms with E-state index in [0.717, 1.165) is 0 Å². The van der Waals surface area contributed by atoms with Gasteiger partial charge in [-0.2, -0.15) is 0 Å². The molecule has 3 amide bonds. The molecule has 0 atom stereocenters. The molecule has 0 unspecified atom stereocenters. The largest absolute Gasteiger partial charge is 0.490 e. The Morgan fingerprint density at radius 2 is 1.73 bits per heavy atom. The summed E-state index contributed by atoms with van der Waals surface area (Å²) in [6.45, 7) is 8.70. The minimum absolute atomic E-state index is 0.00708. The number of anilines is 3. The number of nitrogens with zero attached hydrogens (tertiary/aromatic N) is 1. The van der Waals surface area contributed by atoms with Crippen molar-refractivity contribution >= 4 is 52.2 Å². The predicted octanol–water partition coefficient (Wildman–Crippen LogP) is 6.05. The van der Waals surface area contributed by atoms with Gasteiger partial charge in [0.25, 0.3) is 0 Å². The fourth-order valence-corrected chi connectivity index (χ4v) is 3.43. The molecule has 1 aliphatic rings. The fraction of sp³-hybridized carbons (Fsp3) is 0.364. The Labute approximate surface area is 186 Å². The van der Waals surface area contributed by atoms with Crippen LogP contribution >= 0.6 is 23.2 Å². The van der Waals surface area contributed by atoms with Crippen LogP contribution in [0.3, 0.4) is 0 Å². The number of nitrogens with one attached hydrogen (secondary N) is 2. The van der Waals surface area contributed by atoms with Gasteiger partial charge in [-0.05, 0) is 56.2 Å². The van der Waals surface area contributed by atoms with Crippen LogP contribution in [0.5, 0.6) is 5.75 Å². The fourth-order valence-electron chi connectivity index (χ4n) is 3.14. The summed E-state index contributed by atoms with van der Waals surface area (Å²) in [4.78, 5) is 27.3. The monoisotopic (exact) mass is 449 g/mol. The summed E-state index contributed by atoms with van der Waals surface area (Å²) < 4.78 is 5.91. The van der Waals surface area contributed by atoms with Gasteiger partial charge in [0.05, 0.1) is 21.1 Å². The van der Waals surface area contributed by atoms with E-state index in [0.29, 0.717) is 39.4 Å². The Balaban J connectivity index is 1.84. The first-order chi connectivity index (χ1) is 14.1.